The van der Waals surface area contributed by atoms with Crippen LogP contribution in [0.4, 0.5) is 15.3 Å². The van der Waals surface area contributed by atoms with Gasteiger partial charge in [0.05, 0.1) is 26.5 Å². The average Bonchev–Trinajstić information content (AvgIpc) is 2.65. The Labute approximate surface area is 166 Å². The normalized spacial score (nSPS) is 15.0. The highest BCUT2D eigenvalue weighted by Crippen LogP contribution is 2.29. The number of nitrogens with one attached hydrogen (secondary N) is 1. The molecule has 1 heterocycles. The molecule has 0 bridgehead atoms. The lowest BCUT2D eigenvalue weighted by Crippen LogP contribution is -2.42. The summed E-state index contributed by atoms with van der Waals surface area (Å²) >= 11 is 0. The first-order valence-corrected chi connectivity index (χ1v) is 9.35. The predicted molar refractivity (Wildman–Crippen MR) is 105 cm³/mol. The second-order valence-electron chi connectivity index (χ2n) is 7.70. The summed E-state index contributed by atoms with van der Waals surface area (Å²) in [4.78, 5) is 25.9. The molecule has 0 atom stereocenters. The van der Waals surface area contributed by atoms with E-state index < -0.39 is 11.7 Å². The Bertz CT molecular complexity index is 678. The second-order valence-corrected chi connectivity index (χ2v) is 7.70. The van der Waals surface area contributed by atoms with Gasteiger partial charge in [0, 0.05) is 19.2 Å². The molecule has 1 aliphatic heterocycles. The van der Waals surface area contributed by atoms with Crippen LogP contribution in [0.3, 0.4) is 0 Å². The minimum atomic E-state index is -0.555. The summed E-state index contributed by atoms with van der Waals surface area (Å²) in [5.41, 5.74) is -0.0253. The SMILES string of the molecule is COc1ccc(OC)c(NC(=O)OCC2CCN(C(=O)OC(C)(C)C)CC2)c1. The minimum absolute atomic E-state index is 0.205. The van der Waals surface area contributed by atoms with Crippen LogP contribution in [0.1, 0.15) is 33.6 Å². The molecule has 0 spiro atoms. The lowest BCUT2D eigenvalue weighted by atomic mass is 9.98. The topological polar surface area (TPSA) is 86.3 Å². The monoisotopic (exact) mass is 394 g/mol. The third kappa shape index (κ3) is 6.51. The van der Waals surface area contributed by atoms with Crippen LogP contribution in [-0.2, 0) is 9.47 Å². The second kappa shape index (κ2) is 9.52. The van der Waals surface area contributed by atoms with E-state index in [1.165, 1.54) is 7.11 Å². The first-order chi connectivity index (χ1) is 13.2. The molecule has 1 aliphatic rings. The molecule has 0 radical (unpaired) electrons. The number of anilines is 1. The highest BCUT2D eigenvalue weighted by Gasteiger charge is 2.27. The van der Waals surface area contributed by atoms with E-state index in [-0.39, 0.29) is 12.0 Å². The van der Waals surface area contributed by atoms with Crippen LogP contribution in [-0.4, -0.2) is 56.6 Å². The van der Waals surface area contributed by atoms with Gasteiger partial charge in [-0.2, -0.15) is 0 Å². The molecule has 0 aromatic heterocycles. The molecular weight excluding hydrogens is 364 g/mol. The van der Waals surface area contributed by atoms with Gasteiger partial charge < -0.3 is 23.8 Å². The number of carbonyl (C=O) groups is 2. The van der Waals surface area contributed by atoms with Crippen molar-refractivity contribution in [3.05, 3.63) is 18.2 Å². The molecule has 0 unspecified atom stereocenters. The van der Waals surface area contributed by atoms with Crippen molar-refractivity contribution in [3.8, 4) is 11.5 Å². The number of piperidine rings is 1. The van der Waals surface area contributed by atoms with Gasteiger partial charge in [0.25, 0.3) is 0 Å². The van der Waals surface area contributed by atoms with Crippen LogP contribution < -0.4 is 14.8 Å². The maximum atomic E-state index is 12.1. The quantitative estimate of drug-likeness (QED) is 0.815. The van der Waals surface area contributed by atoms with Crippen molar-refractivity contribution in [1.82, 2.24) is 4.90 Å². The number of likely N-dealkylation sites (tertiary alicyclic amines) is 1. The van der Waals surface area contributed by atoms with Gasteiger partial charge in [-0.15, -0.1) is 0 Å². The third-order valence-electron chi connectivity index (χ3n) is 4.36. The van der Waals surface area contributed by atoms with Crippen LogP contribution in [0, 0.1) is 5.92 Å². The van der Waals surface area contributed by atoms with Crippen molar-refractivity contribution < 1.29 is 28.5 Å². The molecule has 1 aromatic carbocycles. The maximum Gasteiger partial charge on any atom is 0.411 e. The van der Waals surface area contributed by atoms with E-state index in [0.29, 0.717) is 36.9 Å². The summed E-state index contributed by atoms with van der Waals surface area (Å²) in [6.07, 6.45) is 0.667. The van der Waals surface area contributed by atoms with E-state index in [4.69, 9.17) is 18.9 Å². The number of carbonyl (C=O) groups excluding carboxylic acids is 2. The largest absolute Gasteiger partial charge is 0.497 e. The number of rotatable bonds is 5. The molecule has 2 amide bonds. The molecule has 0 saturated carbocycles. The first-order valence-electron chi connectivity index (χ1n) is 9.35. The molecule has 28 heavy (non-hydrogen) atoms. The average molecular weight is 394 g/mol. The highest BCUT2D eigenvalue weighted by molar-refractivity contribution is 5.87. The first kappa shape index (κ1) is 21.7. The number of methoxy groups -OCH3 is 2. The number of hydrogen-bond acceptors (Lipinski definition) is 6. The molecular formula is C20H30N2O6. The summed E-state index contributed by atoms with van der Waals surface area (Å²) in [6.45, 7) is 7.02. The van der Waals surface area contributed by atoms with Crippen molar-refractivity contribution in [1.29, 1.82) is 0 Å². The van der Waals surface area contributed by atoms with Gasteiger partial charge in [0.15, 0.2) is 0 Å². The van der Waals surface area contributed by atoms with Gasteiger partial charge in [0.1, 0.15) is 17.1 Å². The molecule has 8 nitrogen and oxygen atoms in total. The molecule has 2 rings (SSSR count). The van der Waals surface area contributed by atoms with Gasteiger partial charge in [-0.25, -0.2) is 9.59 Å². The fraction of sp³-hybridized carbons (Fsp3) is 0.600. The lowest BCUT2D eigenvalue weighted by molar-refractivity contribution is 0.0153. The van der Waals surface area contributed by atoms with Crippen molar-refractivity contribution in [3.63, 3.8) is 0 Å². The zero-order chi connectivity index (χ0) is 20.7. The van der Waals surface area contributed by atoms with Crippen molar-refractivity contribution in [2.45, 2.75) is 39.2 Å². The summed E-state index contributed by atoms with van der Waals surface area (Å²) in [6, 6.07) is 5.12. The maximum absolute atomic E-state index is 12.1. The summed E-state index contributed by atoms with van der Waals surface area (Å²) in [5.74, 6) is 1.32. The summed E-state index contributed by atoms with van der Waals surface area (Å²) in [5, 5.41) is 2.68. The van der Waals surface area contributed by atoms with E-state index in [1.54, 1.807) is 30.2 Å². The molecule has 0 aliphatic carbocycles. The van der Waals surface area contributed by atoms with Gasteiger partial charge in [0.2, 0.25) is 0 Å². The number of hydrogen-bond donors (Lipinski definition) is 1. The van der Waals surface area contributed by atoms with Crippen LogP contribution in [0.2, 0.25) is 0 Å². The van der Waals surface area contributed by atoms with Crippen molar-refractivity contribution in [2.24, 2.45) is 5.92 Å². The molecule has 1 aromatic rings. The van der Waals surface area contributed by atoms with Crippen molar-refractivity contribution in [2.75, 3.05) is 39.2 Å². The predicted octanol–water partition coefficient (Wildman–Crippen LogP) is 3.90. The number of ether oxygens (including phenoxy) is 4. The van der Waals surface area contributed by atoms with Gasteiger partial charge >= 0.3 is 12.2 Å². The Morgan fingerprint density at radius 3 is 2.39 bits per heavy atom. The molecule has 8 heteroatoms. The molecule has 156 valence electrons. The molecule has 1 saturated heterocycles. The van der Waals surface area contributed by atoms with E-state index in [1.807, 2.05) is 20.8 Å². The minimum Gasteiger partial charge on any atom is -0.497 e. The van der Waals surface area contributed by atoms with Crippen LogP contribution in [0.25, 0.3) is 0 Å². The van der Waals surface area contributed by atoms with E-state index in [0.717, 1.165) is 12.8 Å². The third-order valence-corrected chi connectivity index (χ3v) is 4.36. The Morgan fingerprint density at radius 2 is 1.82 bits per heavy atom. The zero-order valence-electron chi connectivity index (χ0n) is 17.2. The lowest BCUT2D eigenvalue weighted by Gasteiger charge is -2.33. The van der Waals surface area contributed by atoms with E-state index in [2.05, 4.69) is 5.32 Å². The fourth-order valence-electron chi connectivity index (χ4n) is 2.86. The van der Waals surface area contributed by atoms with Crippen LogP contribution in [0.15, 0.2) is 18.2 Å². The Hall–Kier alpha value is -2.64. The van der Waals surface area contributed by atoms with Gasteiger partial charge in [-0.05, 0) is 51.7 Å². The van der Waals surface area contributed by atoms with E-state index in [9.17, 15) is 9.59 Å². The number of nitrogens with zero attached hydrogens (tertiary/aromatic N) is 1. The summed E-state index contributed by atoms with van der Waals surface area (Å²) in [7, 11) is 3.07. The fourth-order valence-corrected chi connectivity index (χ4v) is 2.86. The van der Waals surface area contributed by atoms with Crippen LogP contribution in [0.5, 0.6) is 11.5 Å². The highest BCUT2D eigenvalue weighted by atomic mass is 16.6. The Morgan fingerprint density at radius 1 is 1.14 bits per heavy atom. The van der Waals surface area contributed by atoms with Gasteiger partial charge in [-0.1, -0.05) is 0 Å². The van der Waals surface area contributed by atoms with Crippen LogP contribution >= 0.6 is 0 Å². The molecule has 1 fully saturated rings. The zero-order valence-corrected chi connectivity index (χ0v) is 17.2. The van der Waals surface area contributed by atoms with Crippen molar-refractivity contribution >= 4 is 17.9 Å². The molecule has 1 N–H and O–H groups in total. The Kier molecular flexibility index (Phi) is 7.37. The standard InChI is InChI=1S/C20H30N2O6/c1-20(2,3)28-19(24)22-10-8-14(9-11-22)13-27-18(23)21-16-12-15(25-4)6-7-17(16)26-5/h6-7,12,14H,8-11,13H2,1-5H3,(H,21,23). The number of benzene rings is 1. The number of amides is 2. The Balaban J connectivity index is 1.78. The smallest absolute Gasteiger partial charge is 0.411 e. The summed E-state index contributed by atoms with van der Waals surface area (Å²) < 4.78 is 21.1. The van der Waals surface area contributed by atoms with E-state index >= 15 is 0 Å². The van der Waals surface area contributed by atoms with Gasteiger partial charge in [-0.3, -0.25) is 5.32 Å².